The van der Waals surface area contributed by atoms with Crippen molar-refractivity contribution in [2.45, 2.75) is 4.90 Å². The lowest BCUT2D eigenvalue weighted by molar-refractivity contribution is 0.0943. The Hall–Kier alpha value is -2.74. The zero-order valence-electron chi connectivity index (χ0n) is 10.6. The van der Waals surface area contributed by atoms with E-state index in [9.17, 15) is 13.2 Å². The summed E-state index contributed by atoms with van der Waals surface area (Å²) >= 11 is 0. The van der Waals surface area contributed by atoms with E-state index < -0.39 is 15.9 Å². The van der Waals surface area contributed by atoms with Gasteiger partial charge in [-0.25, -0.2) is 0 Å². The van der Waals surface area contributed by atoms with Gasteiger partial charge in [-0.15, -0.1) is 4.40 Å². The number of benzene rings is 1. The Kier molecular flexibility index (Phi) is 3.15. The van der Waals surface area contributed by atoms with Gasteiger partial charge in [-0.3, -0.25) is 20.6 Å². The molecule has 7 nitrogen and oxygen atoms in total. The molecule has 0 unspecified atom stereocenters. The smallest absolute Gasteiger partial charge is 0.280 e. The van der Waals surface area contributed by atoms with Gasteiger partial charge in [0.15, 0.2) is 5.84 Å². The second-order valence-corrected chi connectivity index (χ2v) is 5.80. The number of aromatic nitrogens is 1. The summed E-state index contributed by atoms with van der Waals surface area (Å²) in [6.07, 6.45) is 2.95. The van der Waals surface area contributed by atoms with E-state index in [1.165, 1.54) is 12.3 Å². The highest BCUT2D eigenvalue weighted by Crippen LogP contribution is 2.24. The first-order chi connectivity index (χ1) is 10.1. The molecule has 3 rings (SSSR count). The van der Waals surface area contributed by atoms with E-state index in [1.807, 2.05) is 0 Å². The van der Waals surface area contributed by atoms with Gasteiger partial charge in [0.2, 0.25) is 0 Å². The summed E-state index contributed by atoms with van der Waals surface area (Å²) < 4.78 is 27.3. The first-order valence-corrected chi connectivity index (χ1v) is 7.43. The Labute approximate surface area is 120 Å². The predicted molar refractivity (Wildman–Crippen MR) is 75.0 cm³/mol. The zero-order valence-corrected chi connectivity index (χ0v) is 11.5. The van der Waals surface area contributed by atoms with Crippen LogP contribution in [0, 0.1) is 0 Å². The van der Waals surface area contributed by atoms with Crippen molar-refractivity contribution in [3.05, 3.63) is 59.9 Å². The lowest BCUT2D eigenvalue weighted by Crippen LogP contribution is -2.41. The third-order valence-electron chi connectivity index (χ3n) is 2.85. The average Bonchev–Trinajstić information content (AvgIpc) is 2.77. The van der Waals surface area contributed by atoms with Crippen LogP contribution in [-0.4, -0.2) is 25.1 Å². The molecule has 0 fully saturated rings. The Morgan fingerprint density at radius 1 is 1.10 bits per heavy atom. The van der Waals surface area contributed by atoms with Crippen LogP contribution in [0.25, 0.3) is 0 Å². The van der Waals surface area contributed by atoms with Gasteiger partial charge in [0.1, 0.15) is 4.90 Å². The summed E-state index contributed by atoms with van der Waals surface area (Å²) in [5.74, 6) is -0.351. The van der Waals surface area contributed by atoms with Crippen LogP contribution >= 0.6 is 0 Å². The van der Waals surface area contributed by atoms with E-state index in [2.05, 4.69) is 20.2 Å². The van der Waals surface area contributed by atoms with Gasteiger partial charge in [0, 0.05) is 18.0 Å². The fourth-order valence-electron chi connectivity index (χ4n) is 1.88. The van der Waals surface area contributed by atoms with E-state index in [0.717, 1.165) is 0 Å². The molecule has 0 aliphatic carbocycles. The van der Waals surface area contributed by atoms with Crippen molar-refractivity contribution in [1.82, 2.24) is 15.8 Å². The Morgan fingerprint density at radius 2 is 1.90 bits per heavy atom. The third kappa shape index (κ3) is 2.48. The topological polar surface area (TPSA) is 101 Å². The van der Waals surface area contributed by atoms with Crippen LogP contribution in [0.15, 0.2) is 58.1 Å². The number of amides is 1. The standard InChI is InChI=1S/C13H10N4O3S/c18-13(9-4-3-7-14-8-9)16-15-12-10-5-1-2-6-11(10)21(19,20)17-12/h1-8H,(H,15,17)(H,16,18). The number of nitrogens with zero attached hydrogens (tertiary/aromatic N) is 2. The number of fused-ring (bicyclic) bond motifs is 1. The molecule has 2 aromatic rings. The summed E-state index contributed by atoms with van der Waals surface area (Å²) in [5.41, 5.74) is 5.70. The van der Waals surface area contributed by atoms with Gasteiger partial charge in [-0.05, 0) is 24.3 Å². The quantitative estimate of drug-likeness (QED) is 0.746. The van der Waals surface area contributed by atoms with Crippen molar-refractivity contribution >= 4 is 21.8 Å². The highest BCUT2D eigenvalue weighted by atomic mass is 32.2. The number of hydrogen-bond donors (Lipinski definition) is 2. The summed E-state index contributed by atoms with van der Waals surface area (Å²) in [4.78, 5) is 15.8. The lowest BCUT2D eigenvalue weighted by Gasteiger charge is -2.07. The number of hydrogen-bond acceptors (Lipinski definition) is 5. The molecular weight excluding hydrogens is 292 g/mol. The molecule has 1 aromatic heterocycles. The van der Waals surface area contributed by atoms with E-state index in [1.54, 1.807) is 36.5 Å². The maximum absolute atomic E-state index is 11.9. The number of nitrogens with one attached hydrogen (secondary N) is 2. The third-order valence-corrected chi connectivity index (χ3v) is 4.18. The Bertz CT molecular complexity index is 832. The molecule has 2 N–H and O–H groups in total. The number of pyridine rings is 1. The minimum absolute atomic E-state index is 0.0860. The Balaban J connectivity index is 1.80. The number of carbonyl (C=O) groups is 1. The molecule has 0 saturated carbocycles. The van der Waals surface area contributed by atoms with Crippen LogP contribution in [0.1, 0.15) is 15.9 Å². The van der Waals surface area contributed by atoms with Crippen LogP contribution in [0.5, 0.6) is 0 Å². The maximum Gasteiger partial charge on any atom is 0.285 e. The van der Waals surface area contributed by atoms with Gasteiger partial charge in [0.25, 0.3) is 15.9 Å². The molecule has 1 aliphatic rings. The molecule has 1 aromatic carbocycles. The molecular formula is C13H10N4O3S. The molecule has 1 amide bonds. The lowest BCUT2D eigenvalue weighted by atomic mass is 10.2. The minimum Gasteiger partial charge on any atom is -0.280 e. The van der Waals surface area contributed by atoms with Crippen molar-refractivity contribution in [1.29, 1.82) is 0 Å². The predicted octanol–water partition coefficient (Wildman–Crippen LogP) is 0.465. The SMILES string of the molecule is O=C(NNC1=NS(=O)(=O)c2ccccc21)c1cccnc1. The van der Waals surface area contributed by atoms with Crippen molar-refractivity contribution in [2.75, 3.05) is 0 Å². The summed E-state index contributed by atoms with van der Waals surface area (Å²) in [7, 11) is -3.71. The van der Waals surface area contributed by atoms with Gasteiger partial charge in [-0.1, -0.05) is 12.1 Å². The molecule has 106 valence electrons. The summed E-state index contributed by atoms with van der Waals surface area (Å²) in [6, 6.07) is 9.60. The molecule has 0 spiro atoms. The van der Waals surface area contributed by atoms with Crippen LogP contribution in [0.3, 0.4) is 0 Å². The van der Waals surface area contributed by atoms with E-state index >= 15 is 0 Å². The number of carbonyl (C=O) groups excluding carboxylic acids is 1. The second-order valence-electron chi connectivity index (χ2n) is 4.23. The molecule has 0 bridgehead atoms. The monoisotopic (exact) mass is 302 g/mol. The number of sulfonamides is 1. The first-order valence-electron chi connectivity index (χ1n) is 5.99. The van der Waals surface area contributed by atoms with Crippen molar-refractivity contribution in [2.24, 2.45) is 4.40 Å². The zero-order chi connectivity index (χ0) is 14.9. The van der Waals surface area contributed by atoms with Gasteiger partial charge in [0.05, 0.1) is 5.56 Å². The fourth-order valence-corrected chi connectivity index (χ4v) is 3.06. The van der Waals surface area contributed by atoms with Crippen LogP contribution in [-0.2, 0) is 10.0 Å². The maximum atomic E-state index is 11.9. The normalized spacial score (nSPS) is 15.0. The fraction of sp³-hybridized carbons (Fsp3) is 0. The first kappa shape index (κ1) is 13.3. The largest absolute Gasteiger partial charge is 0.285 e. The van der Waals surface area contributed by atoms with Crippen LogP contribution < -0.4 is 10.9 Å². The van der Waals surface area contributed by atoms with E-state index in [-0.39, 0.29) is 10.7 Å². The van der Waals surface area contributed by atoms with E-state index in [0.29, 0.717) is 11.1 Å². The highest BCUT2D eigenvalue weighted by molar-refractivity contribution is 7.90. The highest BCUT2D eigenvalue weighted by Gasteiger charge is 2.28. The average molecular weight is 302 g/mol. The van der Waals surface area contributed by atoms with Gasteiger partial charge < -0.3 is 0 Å². The second kappa shape index (κ2) is 4.98. The van der Waals surface area contributed by atoms with Crippen molar-refractivity contribution in [3.63, 3.8) is 0 Å². The molecule has 0 radical (unpaired) electrons. The van der Waals surface area contributed by atoms with Crippen molar-refractivity contribution < 1.29 is 13.2 Å². The molecule has 2 heterocycles. The minimum atomic E-state index is -3.71. The van der Waals surface area contributed by atoms with Gasteiger partial charge >= 0.3 is 0 Å². The van der Waals surface area contributed by atoms with Crippen LogP contribution in [0.4, 0.5) is 0 Å². The number of amidine groups is 1. The molecule has 1 aliphatic heterocycles. The molecule has 0 atom stereocenters. The van der Waals surface area contributed by atoms with Crippen molar-refractivity contribution in [3.8, 4) is 0 Å². The van der Waals surface area contributed by atoms with Crippen LogP contribution in [0.2, 0.25) is 0 Å². The van der Waals surface area contributed by atoms with Gasteiger partial charge in [-0.2, -0.15) is 8.42 Å². The Morgan fingerprint density at radius 3 is 2.67 bits per heavy atom. The number of rotatable bonds is 1. The molecule has 0 saturated heterocycles. The van der Waals surface area contributed by atoms with E-state index in [4.69, 9.17) is 0 Å². The summed E-state index contributed by atoms with van der Waals surface area (Å²) in [6.45, 7) is 0. The summed E-state index contributed by atoms with van der Waals surface area (Å²) in [5, 5.41) is 0. The molecule has 21 heavy (non-hydrogen) atoms. The molecule has 8 heteroatoms. The number of hydrazine groups is 1.